The molecule has 0 spiro atoms. The maximum atomic E-state index is 12.1. The quantitative estimate of drug-likeness (QED) is 0.550. The Morgan fingerprint density at radius 3 is 2.90 bits per heavy atom. The first-order chi connectivity index (χ1) is 10.1. The fraction of sp³-hybridized carbons (Fsp3) is 0.615. The van der Waals surface area contributed by atoms with Gasteiger partial charge in [0.05, 0.1) is 12.8 Å². The lowest BCUT2D eigenvalue weighted by Gasteiger charge is -2.04. The molecule has 0 bridgehead atoms. The average Bonchev–Trinajstić information content (AvgIpc) is 2.83. The summed E-state index contributed by atoms with van der Waals surface area (Å²) in [4.78, 5) is 23.3. The first-order valence-corrected chi connectivity index (χ1v) is 7.04. The van der Waals surface area contributed by atoms with Crippen LogP contribution in [-0.2, 0) is 23.1 Å². The second-order valence-corrected chi connectivity index (χ2v) is 4.74. The largest absolute Gasteiger partial charge is 0.466 e. The molecule has 0 radical (unpaired) electrons. The van der Waals surface area contributed by atoms with Gasteiger partial charge in [-0.2, -0.15) is 5.10 Å². The molecule has 8 nitrogen and oxygen atoms in total. The van der Waals surface area contributed by atoms with Crippen LogP contribution in [0, 0.1) is 0 Å². The highest BCUT2D eigenvalue weighted by Gasteiger charge is 2.09. The highest BCUT2D eigenvalue weighted by Crippen LogP contribution is 2.04. The highest BCUT2D eigenvalue weighted by atomic mass is 16.5. The van der Waals surface area contributed by atoms with Gasteiger partial charge in [0.15, 0.2) is 5.65 Å². The van der Waals surface area contributed by atoms with Gasteiger partial charge in [-0.1, -0.05) is 11.6 Å². The van der Waals surface area contributed by atoms with E-state index in [4.69, 9.17) is 4.74 Å². The Hall–Kier alpha value is -2.25. The Balaban J connectivity index is 1.85. The van der Waals surface area contributed by atoms with Crippen molar-refractivity contribution in [2.24, 2.45) is 7.05 Å². The Kier molecular flexibility index (Phi) is 5.02. The lowest BCUT2D eigenvalue weighted by molar-refractivity contribution is -0.143. The van der Waals surface area contributed by atoms with Gasteiger partial charge in [-0.25, -0.2) is 9.36 Å². The van der Waals surface area contributed by atoms with Gasteiger partial charge in [0, 0.05) is 20.0 Å². The van der Waals surface area contributed by atoms with Crippen LogP contribution >= 0.6 is 0 Å². The van der Waals surface area contributed by atoms with Crippen molar-refractivity contribution in [3.8, 4) is 0 Å². The molecule has 2 heterocycles. The molecule has 0 aliphatic carbocycles. The highest BCUT2D eigenvalue weighted by molar-refractivity contribution is 5.72. The van der Waals surface area contributed by atoms with Crippen LogP contribution in [0.1, 0.15) is 32.6 Å². The molecular weight excluding hydrogens is 274 g/mol. The predicted octanol–water partition coefficient (Wildman–Crippen LogP) is 0.648. The number of carbonyl (C=O) groups is 1. The third-order valence-electron chi connectivity index (χ3n) is 3.18. The van der Waals surface area contributed by atoms with Gasteiger partial charge >= 0.3 is 5.97 Å². The van der Waals surface area contributed by atoms with Crippen LogP contribution in [-0.4, -0.2) is 37.4 Å². The van der Waals surface area contributed by atoms with Crippen molar-refractivity contribution in [3.05, 3.63) is 16.6 Å². The van der Waals surface area contributed by atoms with E-state index in [0.717, 1.165) is 19.3 Å². The van der Waals surface area contributed by atoms with E-state index in [1.54, 1.807) is 14.0 Å². The minimum atomic E-state index is -0.182. The molecule has 0 amide bonds. The molecule has 0 N–H and O–H groups in total. The zero-order valence-electron chi connectivity index (χ0n) is 12.3. The first kappa shape index (κ1) is 15.1. The lowest BCUT2D eigenvalue weighted by atomic mass is 10.2. The Bertz CT molecular complexity index is 676. The molecule has 0 aliphatic rings. The van der Waals surface area contributed by atoms with Crippen LogP contribution in [0.15, 0.2) is 11.0 Å². The number of aryl methyl sites for hydroxylation is 2. The normalized spacial score (nSPS) is 11.0. The lowest BCUT2D eigenvalue weighted by Crippen LogP contribution is -2.24. The number of fused-ring (bicyclic) bond motifs is 1. The third kappa shape index (κ3) is 3.65. The van der Waals surface area contributed by atoms with Crippen molar-refractivity contribution in [2.75, 3.05) is 6.61 Å². The number of unbranched alkanes of at least 4 members (excludes halogenated alkanes) is 2. The van der Waals surface area contributed by atoms with Gasteiger partial charge in [-0.15, -0.1) is 5.10 Å². The fourth-order valence-corrected chi connectivity index (χ4v) is 2.06. The summed E-state index contributed by atoms with van der Waals surface area (Å²) < 4.78 is 7.71. The second-order valence-electron chi connectivity index (χ2n) is 4.74. The Labute approximate surface area is 121 Å². The SMILES string of the molecule is CCOC(=O)CCCCCn1nnc2c(cnn2C)c1=O. The van der Waals surface area contributed by atoms with Crippen LogP contribution in [0.5, 0.6) is 0 Å². The van der Waals surface area contributed by atoms with E-state index in [1.165, 1.54) is 15.6 Å². The summed E-state index contributed by atoms with van der Waals surface area (Å²) >= 11 is 0. The van der Waals surface area contributed by atoms with Crippen molar-refractivity contribution < 1.29 is 9.53 Å². The summed E-state index contributed by atoms with van der Waals surface area (Å²) in [5.41, 5.74) is 0.303. The van der Waals surface area contributed by atoms with E-state index in [2.05, 4.69) is 15.4 Å². The molecule has 2 aromatic heterocycles. The average molecular weight is 293 g/mol. The molecule has 0 aromatic carbocycles. The maximum Gasteiger partial charge on any atom is 0.305 e. The van der Waals surface area contributed by atoms with Gasteiger partial charge < -0.3 is 4.74 Å². The van der Waals surface area contributed by atoms with E-state index in [9.17, 15) is 9.59 Å². The molecule has 114 valence electrons. The standard InChI is InChI=1S/C13H19N5O3/c1-3-21-11(19)7-5-4-6-8-18-13(20)10-9-14-17(2)12(10)15-16-18/h9H,3-8H2,1-2H3. The molecular formula is C13H19N5O3. The zero-order valence-corrected chi connectivity index (χ0v) is 12.3. The molecule has 2 aromatic rings. The van der Waals surface area contributed by atoms with Gasteiger partial charge in [-0.05, 0) is 19.8 Å². The molecule has 0 atom stereocenters. The monoisotopic (exact) mass is 293 g/mol. The van der Waals surface area contributed by atoms with Gasteiger partial charge in [0.1, 0.15) is 5.39 Å². The molecule has 8 heteroatoms. The summed E-state index contributed by atoms with van der Waals surface area (Å²) in [6.07, 6.45) is 4.26. The topological polar surface area (TPSA) is 91.9 Å². The zero-order chi connectivity index (χ0) is 15.2. The number of carbonyl (C=O) groups excluding carboxylic acids is 1. The van der Waals surface area contributed by atoms with Crippen molar-refractivity contribution in [1.82, 2.24) is 24.8 Å². The fourth-order valence-electron chi connectivity index (χ4n) is 2.06. The Morgan fingerprint density at radius 1 is 1.33 bits per heavy atom. The summed E-state index contributed by atoms with van der Waals surface area (Å²) in [6.45, 7) is 2.69. The van der Waals surface area contributed by atoms with E-state index in [-0.39, 0.29) is 11.5 Å². The van der Waals surface area contributed by atoms with Crippen LogP contribution in [0.4, 0.5) is 0 Å². The molecule has 0 aliphatic heterocycles. The summed E-state index contributed by atoms with van der Waals surface area (Å²) in [7, 11) is 1.72. The molecule has 0 unspecified atom stereocenters. The van der Waals surface area contributed by atoms with Gasteiger partial charge in [0.25, 0.3) is 5.56 Å². The summed E-state index contributed by atoms with van der Waals surface area (Å²) in [5.74, 6) is -0.175. The minimum absolute atomic E-state index is 0.175. The van der Waals surface area contributed by atoms with Gasteiger partial charge in [0.2, 0.25) is 0 Å². The van der Waals surface area contributed by atoms with Crippen molar-refractivity contribution in [1.29, 1.82) is 0 Å². The predicted molar refractivity (Wildman–Crippen MR) is 75.7 cm³/mol. The number of hydrogen-bond donors (Lipinski definition) is 0. The summed E-state index contributed by atoms with van der Waals surface area (Å²) in [5, 5.41) is 12.4. The first-order valence-electron chi connectivity index (χ1n) is 7.04. The molecule has 0 fully saturated rings. The number of aromatic nitrogens is 5. The number of hydrogen-bond acceptors (Lipinski definition) is 6. The number of nitrogens with zero attached hydrogens (tertiary/aromatic N) is 5. The van der Waals surface area contributed by atoms with Crippen molar-refractivity contribution in [3.63, 3.8) is 0 Å². The smallest absolute Gasteiger partial charge is 0.305 e. The van der Waals surface area contributed by atoms with Crippen LogP contribution < -0.4 is 5.56 Å². The van der Waals surface area contributed by atoms with E-state index >= 15 is 0 Å². The van der Waals surface area contributed by atoms with Crippen molar-refractivity contribution >= 4 is 17.0 Å². The molecule has 21 heavy (non-hydrogen) atoms. The van der Waals surface area contributed by atoms with E-state index in [0.29, 0.717) is 30.6 Å². The van der Waals surface area contributed by atoms with Gasteiger partial charge in [-0.3, -0.25) is 9.59 Å². The van der Waals surface area contributed by atoms with Crippen molar-refractivity contribution in [2.45, 2.75) is 39.2 Å². The number of ether oxygens (including phenoxy) is 1. The molecule has 0 saturated heterocycles. The van der Waals surface area contributed by atoms with E-state index in [1.807, 2.05) is 0 Å². The second kappa shape index (κ2) is 6.96. The summed E-state index contributed by atoms with van der Waals surface area (Å²) in [6, 6.07) is 0. The van der Waals surface area contributed by atoms with Crippen LogP contribution in [0.2, 0.25) is 0 Å². The van der Waals surface area contributed by atoms with Crippen LogP contribution in [0.3, 0.4) is 0 Å². The van der Waals surface area contributed by atoms with E-state index < -0.39 is 0 Å². The molecule has 2 rings (SSSR count). The number of esters is 1. The number of rotatable bonds is 7. The Morgan fingerprint density at radius 2 is 2.14 bits per heavy atom. The maximum absolute atomic E-state index is 12.1. The molecule has 0 saturated carbocycles. The third-order valence-corrected chi connectivity index (χ3v) is 3.18. The minimum Gasteiger partial charge on any atom is -0.466 e. The van der Waals surface area contributed by atoms with Crippen LogP contribution in [0.25, 0.3) is 11.0 Å².